The Morgan fingerprint density at radius 3 is 2.68 bits per heavy atom. The molecule has 3 rings (SSSR count). The van der Waals surface area contributed by atoms with Crippen LogP contribution in [-0.4, -0.2) is 26.2 Å². The molecule has 0 aliphatic carbocycles. The number of rotatable bonds is 3. The molecule has 0 atom stereocenters. The lowest BCUT2D eigenvalue weighted by atomic mass is 10.2. The van der Waals surface area contributed by atoms with E-state index in [2.05, 4.69) is 31.2 Å². The lowest BCUT2D eigenvalue weighted by Gasteiger charge is -2.03. The van der Waals surface area contributed by atoms with Gasteiger partial charge in [-0.1, -0.05) is 40.2 Å². The first kappa shape index (κ1) is 14.7. The van der Waals surface area contributed by atoms with Crippen molar-refractivity contribution in [1.29, 1.82) is 0 Å². The van der Waals surface area contributed by atoms with Crippen LogP contribution in [0.1, 0.15) is 5.56 Å². The third-order valence-corrected chi connectivity index (χ3v) is 3.97. The molecule has 0 radical (unpaired) electrons. The summed E-state index contributed by atoms with van der Waals surface area (Å²) < 4.78 is 2.78. The van der Waals surface area contributed by atoms with E-state index in [1.807, 2.05) is 30.3 Å². The summed E-state index contributed by atoms with van der Waals surface area (Å²) in [6.07, 6.45) is 1.54. The molecule has 2 N–H and O–H groups in total. The van der Waals surface area contributed by atoms with Crippen molar-refractivity contribution in [3.05, 3.63) is 63.3 Å². The first-order chi connectivity index (χ1) is 10.7. The van der Waals surface area contributed by atoms with Gasteiger partial charge in [-0.25, -0.2) is 5.10 Å². The standard InChI is InChI=1S/C15H11BrN4OS/c16-12-7-3-2-6-11(12)14-18-19-15(22)20(14)17-9-10-5-1-4-8-13(10)21/h1-9,21H,(H,19,22). The highest BCUT2D eigenvalue weighted by atomic mass is 79.9. The largest absolute Gasteiger partial charge is 0.507 e. The maximum atomic E-state index is 9.78. The highest BCUT2D eigenvalue weighted by molar-refractivity contribution is 9.10. The van der Waals surface area contributed by atoms with Crippen molar-refractivity contribution in [1.82, 2.24) is 14.9 Å². The molecule has 0 aliphatic rings. The summed E-state index contributed by atoms with van der Waals surface area (Å²) in [5.74, 6) is 0.743. The first-order valence-electron chi connectivity index (χ1n) is 6.41. The minimum Gasteiger partial charge on any atom is -0.507 e. The Morgan fingerprint density at radius 1 is 1.18 bits per heavy atom. The molecule has 2 aromatic carbocycles. The predicted molar refractivity (Wildman–Crippen MR) is 91.6 cm³/mol. The molecule has 0 saturated heterocycles. The first-order valence-corrected chi connectivity index (χ1v) is 7.61. The Kier molecular flexibility index (Phi) is 4.17. The van der Waals surface area contributed by atoms with Crippen LogP contribution in [0.2, 0.25) is 0 Å². The van der Waals surface area contributed by atoms with Gasteiger partial charge in [0.05, 0.1) is 6.21 Å². The number of aromatic nitrogens is 3. The molecular weight excluding hydrogens is 364 g/mol. The number of aromatic hydroxyl groups is 1. The lowest BCUT2D eigenvalue weighted by Crippen LogP contribution is -1.95. The summed E-state index contributed by atoms with van der Waals surface area (Å²) in [7, 11) is 0. The number of H-pyrrole nitrogens is 1. The Balaban J connectivity index is 2.06. The molecule has 0 spiro atoms. The van der Waals surface area contributed by atoms with Crippen molar-refractivity contribution in [2.45, 2.75) is 0 Å². The van der Waals surface area contributed by atoms with Crippen LogP contribution >= 0.6 is 28.1 Å². The summed E-state index contributed by atoms with van der Waals surface area (Å²) in [6.45, 7) is 0. The number of hydrogen-bond donors (Lipinski definition) is 2. The van der Waals surface area contributed by atoms with Gasteiger partial charge in [-0.2, -0.15) is 14.9 Å². The molecule has 0 bridgehead atoms. The number of phenols is 1. The quantitative estimate of drug-likeness (QED) is 0.538. The summed E-state index contributed by atoms with van der Waals surface area (Å²) in [5, 5.41) is 21.1. The van der Waals surface area contributed by atoms with Crippen LogP contribution in [0, 0.1) is 4.77 Å². The number of benzene rings is 2. The molecule has 22 heavy (non-hydrogen) atoms. The number of nitrogens with one attached hydrogen (secondary N) is 1. The van der Waals surface area contributed by atoms with Crippen LogP contribution in [-0.2, 0) is 0 Å². The van der Waals surface area contributed by atoms with Gasteiger partial charge in [0.15, 0.2) is 5.82 Å². The maximum Gasteiger partial charge on any atom is 0.216 e. The average Bonchev–Trinajstić information content (AvgIpc) is 2.88. The second-order valence-corrected chi connectivity index (χ2v) is 5.69. The topological polar surface area (TPSA) is 66.2 Å². The molecular formula is C15H11BrN4OS. The van der Waals surface area contributed by atoms with E-state index in [9.17, 15) is 5.11 Å². The SMILES string of the molecule is Oc1ccccc1C=Nn1c(-c2ccccc2Br)n[nH]c1=S. The molecule has 1 aromatic heterocycles. The predicted octanol–water partition coefficient (Wildman–Crippen LogP) is 3.96. The zero-order valence-electron chi connectivity index (χ0n) is 11.3. The summed E-state index contributed by atoms with van der Waals surface area (Å²) in [4.78, 5) is 0. The van der Waals surface area contributed by atoms with Crippen LogP contribution in [0.4, 0.5) is 0 Å². The molecule has 0 amide bonds. The van der Waals surface area contributed by atoms with E-state index in [0.717, 1.165) is 10.0 Å². The second kappa shape index (κ2) is 6.25. The van der Waals surface area contributed by atoms with Gasteiger partial charge in [-0.05, 0) is 36.5 Å². The van der Waals surface area contributed by atoms with E-state index in [1.54, 1.807) is 24.4 Å². The van der Waals surface area contributed by atoms with Crippen LogP contribution < -0.4 is 0 Å². The normalized spacial score (nSPS) is 11.1. The van der Waals surface area contributed by atoms with E-state index in [4.69, 9.17) is 12.2 Å². The van der Waals surface area contributed by atoms with Gasteiger partial charge in [0, 0.05) is 15.6 Å². The van der Waals surface area contributed by atoms with Crippen LogP contribution in [0.25, 0.3) is 11.4 Å². The Labute approximate surface area is 140 Å². The monoisotopic (exact) mass is 374 g/mol. The lowest BCUT2D eigenvalue weighted by molar-refractivity contribution is 0.474. The van der Waals surface area contributed by atoms with Gasteiger partial charge in [0.25, 0.3) is 0 Å². The summed E-state index contributed by atoms with van der Waals surface area (Å²) in [6, 6.07) is 14.6. The van der Waals surface area contributed by atoms with Gasteiger partial charge in [-0.15, -0.1) is 0 Å². The molecule has 0 fully saturated rings. The second-order valence-electron chi connectivity index (χ2n) is 4.45. The average molecular weight is 375 g/mol. The molecule has 0 unspecified atom stereocenters. The van der Waals surface area contributed by atoms with E-state index in [1.165, 1.54) is 4.68 Å². The Hall–Kier alpha value is -2.25. The van der Waals surface area contributed by atoms with Crippen molar-refractivity contribution >= 4 is 34.4 Å². The van der Waals surface area contributed by atoms with Crippen molar-refractivity contribution in [2.75, 3.05) is 0 Å². The van der Waals surface area contributed by atoms with Crippen LogP contribution in [0.5, 0.6) is 5.75 Å². The zero-order chi connectivity index (χ0) is 15.5. The molecule has 5 nitrogen and oxygen atoms in total. The van der Waals surface area contributed by atoms with Gasteiger partial charge < -0.3 is 5.11 Å². The van der Waals surface area contributed by atoms with E-state index >= 15 is 0 Å². The van der Waals surface area contributed by atoms with Gasteiger partial charge in [-0.3, -0.25) is 0 Å². The molecule has 0 aliphatic heterocycles. The molecule has 110 valence electrons. The van der Waals surface area contributed by atoms with Crippen molar-refractivity contribution in [3.8, 4) is 17.1 Å². The third kappa shape index (κ3) is 2.86. The molecule has 0 saturated carbocycles. The van der Waals surface area contributed by atoms with Gasteiger partial charge in [0.2, 0.25) is 4.77 Å². The number of hydrogen-bond acceptors (Lipinski definition) is 4. The van der Waals surface area contributed by atoms with E-state index in [0.29, 0.717) is 16.2 Å². The Bertz CT molecular complexity index is 900. The fourth-order valence-corrected chi connectivity index (χ4v) is 2.57. The minimum atomic E-state index is 0.156. The highest BCUT2D eigenvalue weighted by Crippen LogP contribution is 2.26. The number of para-hydroxylation sites is 1. The molecule has 3 aromatic rings. The molecule has 1 heterocycles. The summed E-state index contributed by atoms with van der Waals surface area (Å²) >= 11 is 8.71. The number of halogens is 1. The van der Waals surface area contributed by atoms with Crippen molar-refractivity contribution < 1.29 is 5.11 Å². The van der Waals surface area contributed by atoms with Gasteiger partial charge in [0.1, 0.15) is 5.75 Å². The number of aromatic amines is 1. The number of nitrogens with zero attached hydrogens (tertiary/aromatic N) is 3. The summed E-state index contributed by atoms with van der Waals surface area (Å²) in [5.41, 5.74) is 1.47. The molecule has 7 heteroatoms. The van der Waals surface area contributed by atoms with Gasteiger partial charge >= 0.3 is 0 Å². The maximum absolute atomic E-state index is 9.78. The number of phenolic OH excluding ortho intramolecular Hbond substituents is 1. The third-order valence-electron chi connectivity index (χ3n) is 3.01. The van der Waals surface area contributed by atoms with Crippen molar-refractivity contribution in [3.63, 3.8) is 0 Å². The van der Waals surface area contributed by atoms with Crippen LogP contribution in [0.15, 0.2) is 58.1 Å². The fraction of sp³-hybridized carbons (Fsp3) is 0. The van der Waals surface area contributed by atoms with Crippen LogP contribution in [0.3, 0.4) is 0 Å². The zero-order valence-corrected chi connectivity index (χ0v) is 13.7. The van der Waals surface area contributed by atoms with E-state index in [-0.39, 0.29) is 5.75 Å². The van der Waals surface area contributed by atoms with Crippen molar-refractivity contribution in [2.24, 2.45) is 5.10 Å². The minimum absolute atomic E-state index is 0.156. The Morgan fingerprint density at radius 2 is 1.91 bits per heavy atom. The smallest absolute Gasteiger partial charge is 0.216 e. The fourth-order valence-electron chi connectivity index (χ4n) is 1.93. The van der Waals surface area contributed by atoms with E-state index < -0.39 is 0 Å². The highest BCUT2D eigenvalue weighted by Gasteiger charge is 2.11.